The number of aryl methyl sites for hydroxylation is 2. The molecule has 1 aromatic carbocycles. The van der Waals surface area contributed by atoms with E-state index < -0.39 is 6.10 Å². The molecule has 1 aliphatic carbocycles. The summed E-state index contributed by atoms with van der Waals surface area (Å²) < 4.78 is 1.84. The van der Waals surface area contributed by atoms with Gasteiger partial charge in [-0.1, -0.05) is 12.1 Å². The summed E-state index contributed by atoms with van der Waals surface area (Å²) >= 11 is 0. The van der Waals surface area contributed by atoms with Gasteiger partial charge in [0.15, 0.2) is 0 Å². The predicted octanol–water partition coefficient (Wildman–Crippen LogP) is 2.04. The van der Waals surface area contributed by atoms with Crippen molar-refractivity contribution in [2.75, 3.05) is 5.32 Å². The quantitative estimate of drug-likeness (QED) is 0.905. The summed E-state index contributed by atoms with van der Waals surface area (Å²) in [6.07, 6.45) is 1.86. The minimum Gasteiger partial charge on any atom is -0.392 e. The summed E-state index contributed by atoms with van der Waals surface area (Å²) in [4.78, 5) is 16.5. The molecule has 1 heterocycles. The third-order valence-corrected chi connectivity index (χ3v) is 4.31. The highest BCUT2D eigenvalue weighted by molar-refractivity contribution is 5.93. The van der Waals surface area contributed by atoms with Crippen molar-refractivity contribution in [2.45, 2.75) is 45.8 Å². The van der Waals surface area contributed by atoms with Gasteiger partial charge in [-0.25, -0.2) is 9.67 Å². The van der Waals surface area contributed by atoms with Crippen LogP contribution in [0.15, 0.2) is 24.3 Å². The molecule has 0 spiro atoms. The van der Waals surface area contributed by atoms with E-state index in [-0.39, 0.29) is 11.8 Å². The summed E-state index contributed by atoms with van der Waals surface area (Å²) in [5.41, 5.74) is 1.80. The van der Waals surface area contributed by atoms with Crippen LogP contribution in [-0.2, 0) is 11.3 Å². The molecule has 0 radical (unpaired) electrons. The van der Waals surface area contributed by atoms with Gasteiger partial charge in [-0.15, -0.1) is 0 Å². The zero-order valence-electron chi connectivity index (χ0n) is 13.5. The highest BCUT2D eigenvalue weighted by Gasteiger charge is 2.31. The van der Waals surface area contributed by atoms with Gasteiger partial charge in [0.1, 0.15) is 11.6 Å². The molecule has 23 heavy (non-hydrogen) atoms. The van der Waals surface area contributed by atoms with Crippen molar-refractivity contribution in [3.63, 3.8) is 0 Å². The summed E-state index contributed by atoms with van der Waals surface area (Å²) in [7, 11) is 0. The number of aliphatic hydroxyl groups is 1. The van der Waals surface area contributed by atoms with Crippen LogP contribution in [0.4, 0.5) is 5.69 Å². The van der Waals surface area contributed by atoms with Gasteiger partial charge >= 0.3 is 0 Å². The molecular formula is C17H22N4O2. The Morgan fingerprint density at radius 1 is 1.39 bits per heavy atom. The van der Waals surface area contributed by atoms with E-state index in [0.29, 0.717) is 13.0 Å². The van der Waals surface area contributed by atoms with Gasteiger partial charge < -0.3 is 10.4 Å². The van der Waals surface area contributed by atoms with E-state index in [9.17, 15) is 9.90 Å². The van der Waals surface area contributed by atoms with Crippen molar-refractivity contribution >= 4 is 11.6 Å². The average Bonchev–Trinajstić information content (AvgIpc) is 3.05. The molecule has 2 aromatic rings. The molecule has 6 heteroatoms. The van der Waals surface area contributed by atoms with Crippen molar-refractivity contribution in [3.05, 3.63) is 41.5 Å². The highest BCUT2D eigenvalue weighted by atomic mass is 16.3. The monoisotopic (exact) mass is 314 g/mol. The Kier molecular flexibility index (Phi) is 4.43. The molecule has 0 bridgehead atoms. The number of carbonyl (C=O) groups is 1. The maximum Gasteiger partial charge on any atom is 0.230 e. The number of rotatable bonds is 4. The number of hydrogen-bond donors (Lipinski definition) is 2. The molecule has 2 atom stereocenters. The normalized spacial score (nSPS) is 20.7. The molecule has 0 saturated heterocycles. The first-order valence-electron chi connectivity index (χ1n) is 7.99. The average molecular weight is 314 g/mol. The van der Waals surface area contributed by atoms with Crippen LogP contribution in [0.2, 0.25) is 0 Å². The van der Waals surface area contributed by atoms with Crippen LogP contribution in [0.3, 0.4) is 0 Å². The maximum absolute atomic E-state index is 12.3. The van der Waals surface area contributed by atoms with Gasteiger partial charge in [-0.05, 0) is 50.8 Å². The first-order chi connectivity index (χ1) is 11.0. The van der Waals surface area contributed by atoms with Crippen LogP contribution >= 0.6 is 0 Å². The number of aliphatic hydroxyl groups excluding tert-OH is 1. The number of aromatic nitrogens is 3. The summed E-state index contributed by atoms with van der Waals surface area (Å²) in [5, 5.41) is 17.1. The van der Waals surface area contributed by atoms with E-state index in [0.717, 1.165) is 35.7 Å². The molecule has 122 valence electrons. The SMILES string of the molecule is Cc1nc(C)n(Cc2cccc(NC(=O)C3CCCC3O)c2)n1. The molecule has 1 amide bonds. The van der Waals surface area contributed by atoms with E-state index in [1.807, 2.05) is 42.8 Å². The predicted molar refractivity (Wildman–Crippen MR) is 87.0 cm³/mol. The lowest BCUT2D eigenvalue weighted by Gasteiger charge is -2.15. The first kappa shape index (κ1) is 15.7. The summed E-state index contributed by atoms with van der Waals surface area (Å²) in [6.45, 7) is 4.41. The number of nitrogens with zero attached hydrogens (tertiary/aromatic N) is 3. The fourth-order valence-corrected chi connectivity index (χ4v) is 3.11. The fraction of sp³-hybridized carbons (Fsp3) is 0.471. The lowest BCUT2D eigenvalue weighted by atomic mass is 10.1. The van der Waals surface area contributed by atoms with Gasteiger partial charge in [-0.2, -0.15) is 5.10 Å². The van der Waals surface area contributed by atoms with E-state index >= 15 is 0 Å². The molecule has 1 fully saturated rings. The standard InChI is InChI=1S/C17H22N4O2/c1-11-18-12(2)21(20-11)10-13-5-3-6-14(9-13)19-17(23)15-7-4-8-16(15)22/h3,5-6,9,15-16,22H,4,7-8,10H2,1-2H3,(H,19,23). The smallest absolute Gasteiger partial charge is 0.230 e. The Morgan fingerprint density at radius 3 is 2.87 bits per heavy atom. The molecule has 3 rings (SSSR count). The van der Waals surface area contributed by atoms with Crippen molar-refractivity contribution in [1.82, 2.24) is 14.8 Å². The lowest BCUT2D eigenvalue weighted by Crippen LogP contribution is -2.28. The first-order valence-corrected chi connectivity index (χ1v) is 7.99. The number of carbonyl (C=O) groups excluding carboxylic acids is 1. The van der Waals surface area contributed by atoms with Crippen molar-refractivity contribution in [1.29, 1.82) is 0 Å². The Labute approximate surface area is 135 Å². The topological polar surface area (TPSA) is 80.0 Å². The van der Waals surface area contributed by atoms with E-state index in [2.05, 4.69) is 15.4 Å². The van der Waals surface area contributed by atoms with Gasteiger partial charge in [0.2, 0.25) is 5.91 Å². The van der Waals surface area contributed by atoms with Crippen molar-refractivity contribution in [3.8, 4) is 0 Å². The zero-order chi connectivity index (χ0) is 16.4. The fourth-order valence-electron chi connectivity index (χ4n) is 3.11. The Balaban J connectivity index is 1.70. The largest absolute Gasteiger partial charge is 0.392 e. The van der Waals surface area contributed by atoms with Crippen LogP contribution in [0, 0.1) is 19.8 Å². The number of benzene rings is 1. The van der Waals surface area contributed by atoms with E-state index in [1.54, 1.807) is 0 Å². The van der Waals surface area contributed by atoms with Crippen LogP contribution in [0.1, 0.15) is 36.5 Å². The van der Waals surface area contributed by atoms with E-state index in [4.69, 9.17) is 0 Å². The number of hydrogen-bond acceptors (Lipinski definition) is 4. The summed E-state index contributed by atoms with van der Waals surface area (Å²) in [5.74, 6) is 1.23. The molecule has 1 aromatic heterocycles. The number of anilines is 1. The van der Waals surface area contributed by atoms with Gasteiger partial charge in [-0.3, -0.25) is 4.79 Å². The Morgan fingerprint density at radius 2 is 2.22 bits per heavy atom. The second kappa shape index (κ2) is 6.50. The molecule has 1 aliphatic rings. The second-order valence-electron chi connectivity index (χ2n) is 6.16. The van der Waals surface area contributed by atoms with Crippen LogP contribution in [0.25, 0.3) is 0 Å². The zero-order valence-corrected chi connectivity index (χ0v) is 13.5. The lowest BCUT2D eigenvalue weighted by molar-refractivity contribution is -0.122. The Hall–Kier alpha value is -2.21. The number of nitrogens with one attached hydrogen (secondary N) is 1. The van der Waals surface area contributed by atoms with Crippen LogP contribution in [0.5, 0.6) is 0 Å². The van der Waals surface area contributed by atoms with Crippen LogP contribution in [-0.4, -0.2) is 31.9 Å². The minimum atomic E-state index is -0.515. The second-order valence-corrected chi connectivity index (χ2v) is 6.16. The third kappa shape index (κ3) is 3.59. The molecule has 2 N–H and O–H groups in total. The van der Waals surface area contributed by atoms with Gasteiger partial charge in [0.05, 0.1) is 18.6 Å². The highest BCUT2D eigenvalue weighted by Crippen LogP contribution is 2.27. The number of amides is 1. The summed E-state index contributed by atoms with van der Waals surface area (Å²) in [6, 6.07) is 7.71. The third-order valence-electron chi connectivity index (χ3n) is 4.31. The molecular weight excluding hydrogens is 292 g/mol. The molecule has 0 aliphatic heterocycles. The molecule has 6 nitrogen and oxygen atoms in total. The minimum absolute atomic E-state index is 0.0973. The van der Waals surface area contributed by atoms with Gasteiger partial charge in [0, 0.05) is 5.69 Å². The molecule has 1 saturated carbocycles. The van der Waals surface area contributed by atoms with Crippen LogP contribution < -0.4 is 5.32 Å². The van der Waals surface area contributed by atoms with Gasteiger partial charge in [0.25, 0.3) is 0 Å². The van der Waals surface area contributed by atoms with Crippen molar-refractivity contribution < 1.29 is 9.90 Å². The van der Waals surface area contributed by atoms with E-state index in [1.165, 1.54) is 0 Å². The molecule has 2 unspecified atom stereocenters. The maximum atomic E-state index is 12.3. The van der Waals surface area contributed by atoms with Crippen molar-refractivity contribution in [2.24, 2.45) is 5.92 Å². The Bertz CT molecular complexity index is 710.